The third kappa shape index (κ3) is 4.26. The first kappa shape index (κ1) is 20.5. The van der Waals surface area contributed by atoms with Gasteiger partial charge in [0.15, 0.2) is 17.3 Å². The molecule has 0 aliphatic heterocycles. The first-order chi connectivity index (χ1) is 14.0. The van der Waals surface area contributed by atoms with Crippen LogP contribution in [0.5, 0.6) is 17.2 Å². The zero-order chi connectivity index (χ0) is 21.0. The summed E-state index contributed by atoms with van der Waals surface area (Å²) in [4.78, 5) is 14.6. The van der Waals surface area contributed by atoms with E-state index >= 15 is 0 Å². The molecule has 0 unspecified atom stereocenters. The average Bonchev–Trinajstić information content (AvgIpc) is 3.34. The smallest absolute Gasteiger partial charge is 0.342 e. The minimum Gasteiger partial charge on any atom is -0.493 e. The number of ether oxygens (including phenoxy) is 3. The molecule has 154 valence electrons. The molecule has 29 heavy (non-hydrogen) atoms. The number of imidazole rings is 1. The fraction of sp³-hybridized carbons (Fsp3) is 0.353. The number of aryl methyl sites for hydroxylation is 1. The summed E-state index contributed by atoms with van der Waals surface area (Å²) in [5.41, 5.74) is 0.611. The molecule has 1 aromatic carbocycles. The molecule has 0 atom stereocenters. The second-order valence-corrected chi connectivity index (χ2v) is 6.75. The number of nitro groups is 1. The third-order valence-corrected chi connectivity index (χ3v) is 4.88. The van der Waals surface area contributed by atoms with Gasteiger partial charge in [0.25, 0.3) is 5.22 Å². The molecule has 0 spiro atoms. The van der Waals surface area contributed by atoms with Crippen molar-refractivity contribution in [3.63, 3.8) is 0 Å². The van der Waals surface area contributed by atoms with Crippen LogP contribution in [0.4, 0.5) is 5.82 Å². The highest BCUT2D eigenvalue weighted by Gasteiger charge is 2.19. The quantitative estimate of drug-likeness (QED) is 0.289. The van der Waals surface area contributed by atoms with Gasteiger partial charge in [-0.2, -0.15) is 0 Å². The fourth-order valence-electron chi connectivity index (χ4n) is 2.69. The van der Waals surface area contributed by atoms with Gasteiger partial charge in [-0.05, 0) is 17.1 Å². The van der Waals surface area contributed by atoms with Gasteiger partial charge in [-0.3, -0.25) is 0 Å². The standard InChI is InChI=1S/C17H19N5O6S/c1-10-18-9-14(22(23)24)21(10)5-6-29-17-20-19-16(28-17)11-7-12(25-2)15(27-4)13(8-11)26-3/h7-9H,5-6H2,1-4H3. The first-order valence-corrected chi connectivity index (χ1v) is 9.40. The van der Waals surface area contributed by atoms with Crippen molar-refractivity contribution in [2.24, 2.45) is 0 Å². The molecule has 0 saturated heterocycles. The van der Waals surface area contributed by atoms with E-state index in [1.54, 1.807) is 19.1 Å². The van der Waals surface area contributed by atoms with Crippen LogP contribution in [0.1, 0.15) is 5.82 Å². The maximum Gasteiger partial charge on any atom is 0.342 e. The van der Waals surface area contributed by atoms with Gasteiger partial charge in [-0.1, -0.05) is 11.8 Å². The molecule has 0 aliphatic carbocycles. The lowest BCUT2D eigenvalue weighted by Crippen LogP contribution is -2.06. The number of nitrogens with zero attached hydrogens (tertiary/aromatic N) is 5. The Balaban J connectivity index is 1.73. The number of aromatic nitrogens is 4. The van der Waals surface area contributed by atoms with Crippen molar-refractivity contribution in [3.05, 3.63) is 34.3 Å². The lowest BCUT2D eigenvalue weighted by molar-refractivity contribution is -0.392. The van der Waals surface area contributed by atoms with Crippen molar-refractivity contribution in [2.75, 3.05) is 27.1 Å². The van der Waals surface area contributed by atoms with E-state index in [1.165, 1.54) is 43.9 Å². The Bertz CT molecular complexity index is 993. The average molecular weight is 421 g/mol. The molecule has 0 saturated carbocycles. The zero-order valence-electron chi connectivity index (χ0n) is 16.2. The minimum absolute atomic E-state index is 0.0493. The number of hydrogen-bond donors (Lipinski definition) is 0. The van der Waals surface area contributed by atoms with Crippen molar-refractivity contribution in [2.45, 2.75) is 18.7 Å². The summed E-state index contributed by atoms with van der Waals surface area (Å²) in [6, 6.07) is 3.42. The molecular weight excluding hydrogens is 402 g/mol. The molecular formula is C17H19N5O6S. The molecule has 0 radical (unpaired) electrons. The Morgan fingerprint density at radius 3 is 2.45 bits per heavy atom. The monoisotopic (exact) mass is 421 g/mol. The normalized spacial score (nSPS) is 10.8. The van der Waals surface area contributed by atoms with Crippen molar-refractivity contribution in [3.8, 4) is 28.7 Å². The van der Waals surface area contributed by atoms with Crippen LogP contribution in [0.25, 0.3) is 11.5 Å². The van der Waals surface area contributed by atoms with E-state index in [0.29, 0.717) is 46.2 Å². The van der Waals surface area contributed by atoms with Crippen LogP contribution in [0.3, 0.4) is 0 Å². The van der Waals surface area contributed by atoms with Crippen LogP contribution in [-0.4, -0.2) is 51.8 Å². The van der Waals surface area contributed by atoms with E-state index in [1.807, 2.05) is 0 Å². The molecule has 0 N–H and O–H groups in total. The fourth-order valence-corrected chi connectivity index (χ4v) is 3.38. The van der Waals surface area contributed by atoms with Gasteiger partial charge in [-0.25, -0.2) is 9.55 Å². The molecule has 12 heteroatoms. The number of thioether (sulfide) groups is 1. The molecule has 0 fully saturated rings. The largest absolute Gasteiger partial charge is 0.493 e. The molecule has 0 bridgehead atoms. The van der Waals surface area contributed by atoms with Crippen molar-refractivity contribution in [1.29, 1.82) is 0 Å². The Labute approximate surface area is 170 Å². The summed E-state index contributed by atoms with van der Waals surface area (Å²) in [6.45, 7) is 2.10. The van der Waals surface area contributed by atoms with Gasteiger partial charge in [-0.15, -0.1) is 10.2 Å². The SMILES string of the molecule is COc1cc(-c2nnc(SCCn3c([N+](=O)[O-])cnc3C)o2)cc(OC)c1OC. The van der Waals surface area contributed by atoms with Crippen molar-refractivity contribution in [1.82, 2.24) is 19.7 Å². The molecule has 3 rings (SSSR count). The van der Waals surface area contributed by atoms with Crippen LogP contribution in [-0.2, 0) is 6.54 Å². The van der Waals surface area contributed by atoms with Crippen LogP contribution >= 0.6 is 11.8 Å². The van der Waals surface area contributed by atoms with Crippen LogP contribution in [0.2, 0.25) is 0 Å². The summed E-state index contributed by atoms with van der Waals surface area (Å²) >= 11 is 1.29. The van der Waals surface area contributed by atoms with E-state index in [9.17, 15) is 10.1 Å². The lowest BCUT2D eigenvalue weighted by atomic mass is 10.2. The zero-order valence-corrected chi connectivity index (χ0v) is 17.1. The second kappa shape index (κ2) is 8.82. The third-order valence-electron chi connectivity index (χ3n) is 4.08. The van der Waals surface area contributed by atoms with E-state index in [4.69, 9.17) is 18.6 Å². The molecule has 0 aliphatic rings. The summed E-state index contributed by atoms with van der Waals surface area (Å²) in [7, 11) is 4.56. The first-order valence-electron chi connectivity index (χ1n) is 8.41. The predicted molar refractivity (Wildman–Crippen MR) is 104 cm³/mol. The van der Waals surface area contributed by atoms with Gasteiger partial charge in [0, 0.05) is 18.2 Å². The Morgan fingerprint density at radius 2 is 1.86 bits per heavy atom. The molecule has 2 aromatic heterocycles. The van der Waals surface area contributed by atoms with E-state index < -0.39 is 4.92 Å². The van der Waals surface area contributed by atoms with Crippen LogP contribution < -0.4 is 14.2 Å². The van der Waals surface area contributed by atoms with Gasteiger partial charge >= 0.3 is 5.82 Å². The van der Waals surface area contributed by atoms with Gasteiger partial charge in [0.05, 0.1) is 21.3 Å². The molecule has 0 amide bonds. The van der Waals surface area contributed by atoms with Gasteiger partial charge in [0.2, 0.25) is 11.6 Å². The molecule has 2 heterocycles. The van der Waals surface area contributed by atoms with Gasteiger partial charge < -0.3 is 28.7 Å². The summed E-state index contributed by atoms with van der Waals surface area (Å²) in [5.74, 6) is 2.71. The Morgan fingerprint density at radius 1 is 1.17 bits per heavy atom. The van der Waals surface area contributed by atoms with Crippen molar-refractivity contribution < 1.29 is 23.6 Å². The predicted octanol–water partition coefficient (Wildman–Crippen LogP) is 2.97. The number of hydrogen-bond acceptors (Lipinski definition) is 10. The van der Waals surface area contributed by atoms with Crippen LogP contribution in [0.15, 0.2) is 28.0 Å². The second-order valence-electron chi connectivity index (χ2n) is 5.71. The van der Waals surface area contributed by atoms with Crippen LogP contribution in [0, 0.1) is 17.0 Å². The number of benzene rings is 1. The highest BCUT2D eigenvalue weighted by atomic mass is 32.2. The number of methoxy groups -OCH3 is 3. The molecule has 11 nitrogen and oxygen atoms in total. The number of rotatable bonds is 9. The van der Waals surface area contributed by atoms with Crippen molar-refractivity contribution >= 4 is 17.6 Å². The Hall–Kier alpha value is -3.28. The highest BCUT2D eigenvalue weighted by molar-refractivity contribution is 7.99. The van der Waals surface area contributed by atoms with E-state index in [0.717, 1.165) is 0 Å². The van der Waals surface area contributed by atoms with E-state index in [-0.39, 0.29) is 11.7 Å². The lowest BCUT2D eigenvalue weighted by Gasteiger charge is -2.12. The molecule has 3 aromatic rings. The highest BCUT2D eigenvalue weighted by Crippen LogP contribution is 2.41. The summed E-state index contributed by atoms with van der Waals surface area (Å²) in [6.07, 6.45) is 1.25. The maximum atomic E-state index is 11.0. The summed E-state index contributed by atoms with van der Waals surface area (Å²) < 4.78 is 23.2. The topological polar surface area (TPSA) is 128 Å². The van der Waals surface area contributed by atoms with Gasteiger partial charge in [0.1, 0.15) is 12.7 Å². The van der Waals surface area contributed by atoms with E-state index in [2.05, 4.69) is 15.2 Å². The Kier molecular flexibility index (Phi) is 6.22. The summed E-state index contributed by atoms with van der Waals surface area (Å²) in [5, 5.41) is 19.5. The maximum absolute atomic E-state index is 11.0. The minimum atomic E-state index is -0.458.